The van der Waals surface area contributed by atoms with E-state index in [1.54, 1.807) is 0 Å². The van der Waals surface area contributed by atoms with Crippen LogP contribution in [-0.2, 0) is 14.3 Å². The van der Waals surface area contributed by atoms with Crippen LogP contribution in [0.25, 0.3) is 0 Å². The van der Waals surface area contributed by atoms with Gasteiger partial charge in [0.15, 0.2) is 0 Å². The van der Waals surface area contributed by atoms with E-state index in [4.69, 9.17) is 9.47 Å². The predicted octanol–water partition coefficient (Wildman–Crippen LogP) is 2.88. The Morgan fingerprint density at radius 1 is 1.10 bits per heavy atom. The van der Waals surface area contributed by atoms with Gasteiger partial charge in [-0.05, 0) is 58.3 Å². The number of carbonyl (C=O) groups is 2. The summed E-state index contributed by atoms with van der Waals surface area (Å²) in [6, 6.07) is 0. The number of ether oxygens (including phenoxy) is 2. The highest BCUT2D eigenvalue weighted by Crippen LogP contribution is 2.30. The highest BCUT2D eigenvalue weighted by molar-refractivity contribution is 5.69. The topological polar surface area (TPSA) is 64.6 Å². The molecule has 20 heavy (non-hydrogen) atoms. The third kappa shape index (κ3) is 6.78. The Labute approximate surface area is 121 Å². The van der Waals surface area contributed by atoms with Gasteiger partial charge in [-0.1, -0.05) is 0 Å². The first-order valence-electron chi connectivity index (χ1n) is 7.34. The Morgan fingerprint density at radius 2 is 1.65 bits per heavy atom. The maximum atomic E-state index is 11.6. The molecule has 0 aliphatic heterocycles. The molecule has 1 saturated carbocycles. The molecule has 0 unspecified atom stereocenters. The normalized spacial score (nSPS) is 23.0. The molecule has 0 atom stereocenters. The minimum Gasteiger partial charge on any atom is -0.469 e. The summed E-state index contributed by atoms with van der Waals surface area (Å²) in [5.74, 6) is 0.789. The third-order valence-corrected chi connectivity index (χ3v) is 3.58. The highest BCUT2D eigenvalue weighted by atomic mass is 16.6. The lowest BCUT2D eigenvalue weighted by molar-refractivity contribution is -0.142. The zero-order valence-corrected chi connectivity index (χ0v) is 13.0. The monoisotopic (exact) mass is 285 g/mol. The summed E-state index contributed by atoms with van der Waals surface area (Å²) in [5, 5.41) is 2.82. The molecular formula is C15H27NO4. The Hall–Kier alpha value is -1.26. The van der Waals surface area contributed by atoms with Crippen LogP contribution >= 0.6 is 0 Å². The lowest BCUT2D eigenvalue weighted by Gasteiger charge is -2.28. The fourth-order valence-corrected chi connectivity index (χ4v) is 2.50. The second-order valence-electron chi connectivity index (χ2n) is 6.55. The van der Waals surface area contributed by atoms with Crippen molar-refractivity contribution in [3.05, 3.63) is 0 Å². The van der Waals surface area contributed by atoms with Crippen molar-refractivity contribution in [2.45, 2.75) is 58.5 Å². The molecule has 0 bridgehead atoms. The van der Waals surface area contributed by atoms with Crippen LogP contribution in [-0.4, -0.2) is 31.3 Å². The molecular weight excluding hydrogens is 258 g/mol. The number of hydrogen-bond acceptors (Lipinski definition) is 4. The largest absolute Gasteiger partial charge is 0.469 e. The van der Waals surface area contributed by atoms with Gasteiger partial charge in [0, 0.05) is 13.0 Å². The number of esters is 1. The van der Waals surface area contributed by atoms with Crippen molar-refractivity contribution >= 4 is 12.1 Å². The van der Waals surface area contributed by atoms with E-state index >= 15 is 0 Å². The summed E-state index contributed by atoms with van der Waals surface area (Å²) < 4.78 is 9.90. The fourth-order valence-electron chi connectivity index (χ4n) is 2.50. The summed E-state index contributed by atoms with van der Waals surface area (Å²) in [7, 11) is 1.43. The van der Waals surface area contributed by atoms with Gasteiger partial charge in [0.1, 0.15) is 5.60 Å². The molecule has 5 heteroatoms. The number of methoxy groups -OCH3 is 1. The van der Waals surface area contributed by atoms with E-state index in [9.17, 15) is 9.59 Å². The molecule has 1 aliphatic carbocycles. The molecule has 1 rings (SSSR count). The number of amides is 1. The van der Waals surface area contributed by atoms with Crippen molar-refractivity contribution in [2.24, 2.45) is 11.8 Å². The summed E-state index contributed by atoms with van der Waals surface area (Å²) in [4.78, 5) is 22.8. The average Bonchev–Trinajstić information content (AvgIpc) is 2.36. The Balaban J connectivity index is 2.19. The molecule has 1 N–H and O–H groups in total. The van der Waals surface area contributed by atoms with Crippen LogP contribution in [0.5, 0.6) is 0 Å². The lowest BCUT2D eigenvalue weighted by Crippen LogP contribution is -2.36. The van der Waals surface area contributed by atoms with Gasteiger partial charge in [0.2, 0.25) is 0 Å². The molecule has 0 spiro atoms. The first-order chi connectivity index (χ1) is 9.30. The van der Waals surface area contributed by atoms with E-state index in [1.807, 2.05) is 20.8 Å². The summed E-state index contributed by atoms with van der Waals surface area (Å²) in [5.41, 5.74) is -0.456. The van der Waals surface area contributed by atoms with E-state index in [1.165, 1.54) is 7.11 Å². The number of carbonyl (C=O) groups excluding carboxylic acids is 2. The SMILES string of the molecule is COC(=O)CC1CCC(CNC(=O)OC(C)(C)C)CC1. The van der Waals surface area contributed by atoms with Gasteiger partial charge in [-0.2, -0.15) is 0 Å². The first-order valence-corrected chi connectivity index (χ1v) is 7.34. The van der Waals surface area contributed by atoms with Crippen LogP contribution in [0.4, 0.5) is 4.79 Å². The van der Waals surface area contributed by atoms with E-state index in [-0.39, 0.29) is 12.1 Å². The number of nitrogens with one attached hydrogen (secondary N) is 1. The molecule has 0 heterocycles. The molecule has 0 aromatic heterocycles. The molecule has 1 aliphatic rings. The standard InChI is InChI=1S/C15H27NO4/c1-15(2,3)20-14(18)16-10-12-7-5-11(6-8-12)9-13(17)19-4/h11-12H,5-10H2,1-4H3,(H,16,18). The van der Waals surface area contributed by atoms with Gasteiger partial charge in [-0.15, -0.1) is 0 Å². The number of hydrogen-bond donors (Lipinski definition) is 1. The zero-order chi connectivity index (χ0) is 15.2. The lowest BCUT2D eigenvalue weighted by atomic mass is 9.80. The first kappa shape index (κ1) is 16.8. The van der Waals surface area contributed by atoms with Crippen molar-refractivity contribution in [3.63, 3.8) is 0 Å². The Bertz CT molecular complexity index is 327. The number of alkyl carbamates (subject to hydrolysis) is 1. The minimum absolute atomic E-state index is 0.125. The van der Waals surface area contributed by atoms with Crippen molar-refractivity contribution < 1.29 is 19.1 Å². The van der Waals surface area contributed by atoms with Gasteiger partial charge in [-0.25, -0.2) is 4.79 Å². The van der Waals surface area contributed by atoms with Crippen LogP contribution in [0.2, 0.25) is 0 Å². The Kier molecular flexibility index (Phi) is 6.30. The summed E-state index contributed by atoms with van der Waals surface area (Å²) >= 11 is 0. The van der Waals surface area contributed by atoms with Crippen molar-refractivity contribution in [3.8, 4) is 0 Å². The maximum absolute atomic E-state index is 11.6. The van der Waals surface area contributed by atoms with Crippen molar-refractivity contribution in [1.82, 2.24) is 5.32 Å². The summed E-state index contributed by atoms with van der Waals surface area (Å²) in [6.07, 6.45) is 4.29. The van der Waals surface area contributed by atoms with Crippen molar-refractivity contribution in [2.75, 3.05) is 13.7 Å². The molecule has 1 amide bonds. The third-order valence-electron chi connectivity index (χ3n) is 3.58. The van der Waals surface area contributed by atoms with Gasteiger partial charge in [-0.3, -0.25) is 4.79 Å². The van der Waals surface area contributed by atoms with Crippen LogP contribution in [0.3, 0.4) is 0 Å². The van der Waals surface area contributed by atoms with Gasteiger partial charge < -0.3 is 14.8 Å². The highest BCUT2D eigenvalue weighted by Gasteiger charge is 2.24. The zero-order valence-electron chi connectivity index (χ0n) is 13.0. The van der Waals surface area contributed by atoms with Gasteiger partial charge in [0.05, 0.1) is 7.11 Å². The van der Waals surface area contributed by atoms with E-state index in [0.29, 0.717) is 24.8 Å². The second-order valence-corrected chi connectivity index (χ2v) is 6.55. The Morgan fingerprint density at radius 3 is 2.15 bits per heavy atom. The fraction of sp³-hybridized carbons (Fsp3) is 0.867. The van der Waals surface area contributed by atoms with Crippen LogP contribution in [0.15, 0.2) is 0 Å². The molecule has 0 aromatic carbocycles. The van der Waals surface area contributed by atoms with Crippen LogP contribution in [0.1, 0.15) is 52.9 Å². The molecule has 5 nitrogen and oxygen atoms in total. The second kappa shape index (κ2) is 7.50. The molecule has 116 valence electrons. The quantitative estimate of drug-likeness (QED) is 0.807. The van der Waals surface area contributed by atoms with Gasteiger partial charge in [0.25, 0.3) is 0 Å². The smallest absolute Gasteiger partial charge is 0.407 e. The minimum atomic E-state index is -0.456. The van der Waals surface area contributed by atoms with Crippen LogP contribution < -0.4 is 5.32 Å². The average molecular weight is 285 g/mol. The number of rotatable bonds is 4. The van der Waals surface area contributed by atoms with E-state index in [0.717, 1.165) is 25.7 Å². The molecule has 0 saturated heterocycles. The predicted molar refractivity (Wildman–Crippen MR) is 76.3 cm³/mol. The molecule has 0 radical (unpaired) electrons. The van der Waals surface area contributed by atoms with Gasteiger partial charge >= 0.3 is 12.1 Å². The van der Waals surface area contributed by atoms with E-state index in [2.05, 4.69) is 5.32 Å². The molecule has 0 aromatic rings. The van der Waals surface area contributed by atoms with Crippen LogP contribution in [0, 0.1) is 11.8 Å². The molecule has 1 fully saturated rings. The van der Waals surface area contributed by atoms with Crippen molar-refractivity contribution in [1.29, 1.82) is 0 Å². The van der Waals surface area contributed by atoms with E-state index < -0.39 is 5.60 Å². The summed E-state index contributed by atoms with van der Waals surface area (Å²) in [6.45, 7) is 6.21. The maximum Gasteiger partial charge on any atom is 0.407 e.